The Balaban J connectivity index is 1.80. The van der Waals surface area contributed by atoms with Crippen molar-refractivity contribution in [3.8, 4) is 0 Å². The lowest BCUT2D eigenvalue weighted by atomic mass is 9.95. The number of cyclic esters (lactones) is 1. The number of ether oxygens (including phenoxy) is 2. The summed E-state index contributed by atoms with van der Waals surface area (Å²) in [6.07, 6.45) is -0.135. The van der Waals surface area contributed by atoms with Crippen molar-refractivity contribution in [1.82, 2.24) is 0 Å². The molecule has 86 valence electrons. The number of rotatable bonds is 4. The van der Waals surface area contributed by atoms with E-state index in [0.29, 0.717) is 6.61 Å². The Labute approximate surface area is 95.4 Å². The number of hydrogen-bond acceptors (Lipinski definition) is 3. The highest BCUT2D eigenvalue weighted by Crippen LogP contribution is 2.26. The molecule has 0 spiro atoms. The highest BCUT2D eigenvalue weighted by atomic mass is 16.6. The summed E-state index contributed by atoms with van der Waals surface area (Å²) < 4.78 is 10.7. The lowest BCUT2D eigenvalue weighted by Crippen LogP contribution is -2.50. The van der Waals surface area contributed by atoms with Crippen molar-refractivity contribution in [1.29, 1.82) is 0 Å². The van der Waals surface area contributed by atoms with Crippen molar-refractivity contribution in [2.24, 2.45) is 5.92 Å². The van der Waals surface area contributed by atoms with Crippen molar-refractivity contribution < 1.29 is 14.3 Å². The third-order valence-corrected chi connectivity index (χ3v) is 2.94. The first kappa shape index (κ1) is 11.1. The molecule has 1 saturated heterocycles. The second kappa shape index (κ2) is 4.66. The molecule has 3 heteroatoms. The van der Waals surface area contributed by atoms with Crippen LogP contribution in [-0.2, 0) is 20.9 Å². The quantitative estimate of drug-likeness (QED) is 0.729. The van der Waals surface area contributed by atoms with Gasteiger partial charge in [0.25, 0.3) is 0 Å². The topological polar surface area (TPSA) is 35.5 Å². The zero-order valence-corrected chi connectivity index (χ0v) is 9.55. The average molecular weight is 220 g/mol. The number of hydrogen-bond donors (Lipinski definition) is 0. The first-order valence-electron chi connectivity index (χ1n) is 5.54. The molecular weight excluding hydrogens is 204 g/mol. The smallest absolute Gasteiger partial charge is 0.312 e. The molecule has 0 radical (unpaired) electrons. The molecular formula is C13H16O3. The van der Waals surface area contributed by atoms with Crippen LogP contribution in [0.3, 0.4) is 0 Å². The van der Waals surface area contributed by atoms with Gasteiger partial charge in [-0.05, 0) is 19.4 Å². The predicted molar refractivity (Wildman–Crippen MR) is 59.7 cm³/mol. The van der Waals surface area contributed by atoms with Gasteiger partial charge in [-0.1, -0.05) is 30.3 Å². The fraction of sp³-hybridized carbons (Fsp3) is 0.462. The molecule has 0 amide bonds. The molecule has 16 heavy (non-hydrogen) atoms. The second-order valence-corrected chi connectivity index (χ2v) is 4.19. The number of carbonyl (C=O) groups excluding carboxylic acids is 1. The molecule has 0 unspecified atom stereocenters. The van der Waals surface area contributed by atoms with Gasteiger partial charge in [0, 0.05) is 0 Å². The Morgan fingerprint density at radius 2 is 2.06 bits per heavy atom. The van der Waals surface area contributed by atoms with Crippen molar-refractivity contribution in [3.05, 3.63) is 35.9 Å². The molecule has 0 N–H and O–H groups in total. The Bertz CT molecular complexity index is 361. The van der Waals surface area contributed by atoms with Gasteiger partial charge in [0.1, 0.15) is 6.10 Å². The minimum absolute atomic E-state index is 0.0363. The minimum Gasteiger partial charge on any atom is -0.458 e. The van der Waals surface area contributed by atoms with Crippen LogP contribution in [0.2, 0.25) is 0 Å². The summed E-state index contributed by atoms with van der Waals surface area (Å²) in [6.45, 7) is 4.37. The van der Waals surface area contributed by atoms with E-state index in [0.717, 1.165) is 5.56 Å². The summed E-state index contributed by atoms with van der Waals surface area (Å²) in [5, 5.41) is 0. The van der Waals surface area contributed by atoms with Crippen molar-refractivity contribution in [2.45, 2.75) is 32.7 Å². The third kappa shape index (κ3) is 2.25. The maximum absolute atomic E-state index is 10.9. The fourth-order valence-electron chi connectivity index (χ4n) is 1.80. The van der Waals surface area contributed by atoms with Crippen LogP contribution in [0, 0.1) is 5.92 Å². The molecule has 3 atom stereocenters. The zero-order valence-electron chi connectivity index (χ0n) is 9.55. The summed E-state index contributed by atoms with van der Waals surface area (Å²) in [5.74, 6) is -0.161. The molecule has 0 saturated carbocycles. The summed E-state index contributed by atoms with van der Waals surface area (Å²) in [7, 11) is 0. The Kier molecular flexibility index (Phi) is 3.25. The van der Waals surface area contributed by atoms with E-state index in [9.17, 15) is 4.79 Å². The molecule has 1 aromatic carbocycles. The van der Waals surface area contributed by atoms with Gasteiger partial charge >= 0.3 is 5.97 Å². The Morgan fingerprint density at radius 1 is 1.38 bits per heavy atom. The van der Waals surface area contributed by atoms with Gasteiger partial charge < -0.3 is 9.47 Å². The summed E-state index contributed by atoms with van der Waals surface area (Å²) in [4.78, 5) is 10.9. The Morgan fingerprint density at radius 3 is 2.62 bits per heavy atom. The van der Waals surface area contributed by atoms with E-state index in [-0.39, 0.29) is 24.1 Å². The van der Waals surface area contributed by atoms with Crippen LogP contribution in [0.4, 0.5) is 0 Å². The standard InChI is InChI=1S/C13H16O3/c1-9-12(16-13(9)14)10(2)15-8-11-6-4-3-5-7-11/h3-7,9-10,12H,8H2,1-2H3/t9-,10+,12+/m1/s1. The van der Waals surface area contributed by atoms with E-state index in [1.54, 1.807) is 0 Å². The van der Waals surface area contributed by atoms with Gasteiger partial charge in [-0.15, -0.1) is 0 Å². The molecule has 1 aliphatic heterocycles. The van der Waals surface area contributed by atoms with Gasteiger partial charge in [0.15, 0.2) is 0 Å². The second-order valence-electron chi connectivity index (χ2n) is 4.19. The van der Waals surface area contributed by atoms with E-state index in [1.165, 1.54) is 0 Å². The largest absolute Gasteiger partial charge is 0.458 e. The van der Waals surface area contributed by atoms with E-state index in [1.807, 2.05) is 44.2 Å². The van der Waals surface area contributed by atoms with Crippen LogP contribution >= 0.6 is 0 Å². The van der Waals surface area contributed by atoms with Gasteiger partial charge in [-0.2, -0.15) is 0 Å². The highest BCUT2D eigenvalue weighted by molar-refractivity contribution is 5.78. The van der Waals surface area contributed by atoms with E-state index in [4.69, 9.17) is 9.47 Å². The monoisotopic (exact) mass is 220 g/mol. The normalized spacial score (nSPS) is 25.8. The lowest BCUT2D eigenvalue weighted by molar-refractivity contribution is -0.199. The van der Waals surface area contributed by atoms with E-state index >= 15 is 0 Å². The van der Waals surface area contributed by atoms with E-state index < -0.39 is 0 Å². The molecule has 1 aliphatic rings. The van der Waals surface area contributed by atoms with Gasteiger partial charge in [0.2, 0.25) is 0 Å². The lowest BCUT2D eigenvalue weighted by Gasteiger charge is -2.36. The zero-order chi connectivity index (χ0) is 11.5. The van der Waals surface area contributed by atoms with Gasteiger partial charge in [0.05, 0.1) is 18.6 Å². The molecule has 1 aromatic rings. The van der Waals surface area contributed by atoms with Crippen LogP contribution in [0.15, 0.2) is 30.3 Å². The molecule has 0 aliphatic carbocycles. The molecule has 3 nitrogen and oxygen atoms in total. The molecule has 0 aromatic heterocycles. The molecule has 1 heterocycles. The maximum atomic E-state index is 10.9. The summed E-state index contributed by atoms with van der Waals surface area (Å²) >= 11 is 0. The predicted octanol–water partition coefficient (Wildman–Crippen LogP) is 2.15. The van der Waals surface area contributed by atoms with Gasteiger partial charge in [-0.25, -0.2) is 0 Å². The van der Waals surface area contributed by atoms with Gasteiger partial charge in [-0.3, -0.25) is 4.79 Å². The first-order chi connectivity index (χ1) is 7.68. The van der Waals surface area contributed by atoms with Crippen LogP contribution in [0.5, 0.6) is 0 Å². The first-order valence-corrected chi connectivity index (χ1v) is 5.54. The minimum atomic E-state index is -0.125. The molecule has 1 fully saturated rings. The number of benzene rings is 1. The average Bonchev–Trinajstić information content (AvgIpc) is 2.33. The van der Waals surface area contributed by atoms with Crippen LogP contribution in [0.25, 0.3) is 0 Å². The molecule has 0 bridgehead atoms. The van der Waals surface area contributed by atoms with Crippen molar-refractivity contribution in [2.75, 3.05) is 0 Å². The summed E-state index contributed by atoms with van der Waals surface area (Å²) in [6, 6.07) is 9.97. The Hall–Kier alpha value is -1.35. The fourth-order valence-corrected chi connectivity index (χ4v) is 1.80. The van der Waals surface area contributed by atoms with Crippen LogP contribution in [0.1, 0.15) is 19.4 Å². The van der Waals surface area contributed by atoms with Crippen molar-refractivity contribution >= 4 is 5.97 Å². The molecule has 2 rings (SSSR count). The number of esters is 1. The van der Waals surface area contributed by atoms with Crippen LogP contribution in [-0.4, -0.2) is 18.2 Å². The summed E-state index contributed by atoms with van der Waals surface area (Å²) in [5.41, 5.74) is 1.13. The van der Waals surface area contributed by atoms with Crippen molar-refractivity contribution in [3.63, 3.8) is 0 Å². The third-order valence-electron chi connectivity index (χ3n) is 2.94. The maximum Gasteiger partial charge on any atom is 0.312 e. The van der Waals surface area contributed by atoms with E-state index in [2.05, 4.69) is 0 Å². The SMILES string of the molecule is C[C@H](OCc1ccccc1)[C@H]1OC(=O)[C@@H]1C. The van der Waals surface area contributed by atoms with Crippen LogP contribution < -0.4 is 0 Å². The number of carbonyl (C=O) groups is 1. The highest BCUT2D eigenvalue weighted by Gasteiger charge is 2.42.